The van der Waals surface area contributed by atoms with E-state index < -0.39 is 0 Å². The van der Waals surface area contributed by atoms with E-state index in [-0.39, 0.29) is 11.2 Å². The third-order valence-corrected chi connectivity index (χ3v) is 6.30. The molecule has 2 unspecified atom stereocenters. The van der Waals surface area contributed by atoms with Gasteiger partial charge in [0.05, 0.1) is 16.5 Å². The monoisotopic (exact) mass is 429 g/mol. The number of nitriles is 1. The van der Waals surface area contributed by atoms with Crippen LogP contribution in [-0.4, -0.2) is 16.1 Å². The predicted molar refractivity (Wildman–Crippen MR) is 108 cm³/mol. The highest BCUT2D eigenvalue weighted by Gasteiger charge is 2.22. The summed E-state index contributed by atoms with van der Waals surface area (Å²) in [5.41, 5.74) is 3.54. The summed E-state index contributed by atoms with van der Waals surface area (Å²) in [6.07, 6.45) is 3.03. The number of nitrogens with one attached hydrogen (secondary N) is 1. The molecule has 0 spiro atoms. The fourth-order valence-electron chi connectivity index (χ4n) is 3.02. The molecule has 1 aromatic heterocycles. The first kappa shape index (κ1) is 18.9. The van der Waals surface area contributed by atoms with Crippen LogP contribution in [0, 0.1) is 17.2 Å². The molecule has 0 fully saturated rings. The van der Waals surface area contributed by atoms with Crippen LogP contribution in [0.1, 0.15) is 37.1 Å². The highest BCUT2D eigenvalue weighted by molar-refractivity contribution is 9.10. The Morgan fingerprint density at radius 2 is 2.23 bits per heavy atom. The van der Waals surface area contributed by atoms with Gasteiger partial charge in [-0.25, -0.2) is 4.98 Å². The normalized spacial score (nSPS) is 17.1. The van der Waals surface area contributed by atoms with Crippen molar-refractivity contribution in [2.24, 2.45) is 5.92 Å². The summed E-state index contributed by atoms with van der Waals surface area (Å²) in [5.74, 6) is 0.516. The van der Waals surface area contributed by atoms with Crippen LogP contribution in [0.25, 0.3) is 0 Å². The van der Waals surface area contributed by atoms with Crippen molar-refractivity contribution in [2.45, 2.75) is 43.4 Å². The number of para-hydroxylation sites is 1. The Kier molecular flexibility index (Phi) is 6.00. The summed E-state index contributed by atoms with van der Waals surface area (Å²) in [7, 11) is 0. The SMILES string of the molecule is CC1CCc2nc(SC(C)C(=O)Nc3ccccc3Br)c(C#N)cc2C1. The largest absolute Gasteiger partial charge is 0.324 e. The maximum absolute atomic E-state index is 12.5. The molecule has 0 aliphatic heterocycles. The van der Waals surface area contributed by atoms with Crippen molar-refractivity contribution in [1.29, 1.82) is 5.26 Å². The molecule has 2 atom stereocenters. The second kappa shape index (κ2) is 8.24. The molecule has 1 amide bonds. The molecule has 0 radical (unpaired) electrons. The van der Waals surface area contributed by atoms with E-state index in [4.69, 9.17) is 4.98 Å². The molecule has 1 heterocycles. The van der Waals surface area contributed by atoms with Crippen molar-refractivity contribution in [2.75, 3.05) is 5.32 Å². The molecule has 2 aromatic rings. The Bertz CT molecular complexity index is 878. The number of fused-ring (bicyclic) bond motifs is 1. The summed E-state index contributed by atoms with van der Waals surface area (Å²) in [6, 6.07) is 11.7. The van der Waals surface area contributed by atoms with E-state index in [0.717, 1.165) is 35.1 Å². The third kappa shape index (κ3) is 4.28. The number of nitrogens with zero attached hydrogens (tertiary/aromatic N) is 2. The molecule has 1 aliphatic carbocycles. The van der Waals surface area contributed by atoms with Gasteiger partial charge < -0.3 is 5.32 Å². The van der Waals surface area contributed by atoms with Crippen LogP contribution in [-0.2, 0) is 17.6 Å². The Morgan fingerprint density at radius 1 is 1.46 bits per heavy atom. The Labute approximate surface area is 166 Å². The van der Waals surface area contributed by atoms with E-state index in [1.165, 1.54) is 17.3 Å². The van der Waals surface area contributed by atoms with E-state index in [0.29, 0.717) is 16.5 Å². The Balaban J connectivity index is 1.76. The number of benzene rings is 1. The van der Waals surface area contributed by atoms with Gasteiger partial charge in [-0.1, -0.05) is 30.8 Å². The Hall–Kier alpha value is -1.84. The van der Waals surface area contributed by atoms with E-state index in [9.17, 15) is 10.1 Å². The molecule has 0 saturated carbocycles. The number of rotatable bonds is 4. The lowest BCUT2D eigenvalue weighted by Gasteiger charge is -2.22. The summed E-state index contributed by atoms with van der Waals surface area (Å²) in [5, 5.41) is 12.7. The highest BCUT2D eigenvalue weighted by Crippen LogP contribution is 2.32. The molecule has 1 aromatic carbocycles. The molecule has 0 bridgehead atoms. The van der Waals surface area contributed by atoms with E-state index in [2.05, 4.69) is 34.2 Å². The number of carbonyl (C=O) groups is 1. The summed E-state index contributed by atoms with van der Waals surface area (Å²) < 4.78 is 0.837. The lowest BCUT2D eigenvalue weighted by molar-refractivity contribution is -0.115. The minimum absolute atomic E-state index is 0.112. The molecule has 4 nitrogen and oxygen atoms in total. The number of halogens is 1. The number of thioether (sulfide) groups is 1. The average molecular weight is 430 g/mol. The fourth-order valence-corrected chi connectivity index (χ4v) is 4.29. The number of hydrogen-bond donors (Lipinski definition) is 1. The van der Waals surface area contributed by atoms with Gasteiger partial charge in [-0.05, 0) is 71.8 Å². The van der Waals surface area contributed by atoms with Crippen LogP contribution in [0.3, 0.4) is 0 Å². The quantitative estimate of drug-likeness (QED) is 0.697. The summed E-state index contributed by atoms with van der Waals surface area (Å²) in [6.45, 7) is 4.06. The van der Waals surface area contributed by atoms with E-state index in [1.807, 2.05) is 37.3 Å². The van der Waals surface area contributed by atoms with Gasteiger partial charge in [-0.3, -0.25) is 4.79 Å². The van der Waals surface area contributed by atoms with Gasteiger partial charge in [0.2, 0.25) is 5.91 Å². The van der Waals surface area contributed by atoms with Crippen molar-refractivity contribution < 1.29 is 4.79 Å². The second-order valence-corrected chi connectivity index (χ2v) is 8.82. The maximum atomic E-state index is 12.5. The fraction of sp³-hybridized carbons (Fsp3) is 0.350. The lowest BCUT2D eigenvalue weighted by atomic mass is 9.87. The topological polar surface area (TPSA) is 65.8 Å². The van der Waals surface area contributed by atoms with Gasteiger partial charge in [0.15, 0.2) is 0 Å². The molecule has 1 aliphatic rings. The van der Waals surface area contributed by atoms with Crippen molar-refractivity contribution in [1.82, 2.24) is 4.98 Å². The predicted octanol–water partition coefficient (Wildman–Crippen LogP) is 4.96. The molecule has 26 heavy (non-hydrogen) atoms. The number of anilines is 1. The molecule has 134 valence electrons. The number of hydrogen-bond acceptors (Lipinski definition) is 4. The zero-order chi connectivity index (χ0) is 18.7. The number of carbonyl (C=O) groups excluding carboxylic acids is 1. The third-order valence-electron chi connectivity index (χ3n) is 4.51. The number of aromatic nitrogens is 1. The second-order valence-electron chi connectivity index (χ2n) is 6.64. The minimum atomic E-state index is -0.359. The molecule has 6 heteroatoms. The van der Waals surface area contributed by atoms with Gasteiger partial charge in [0.25, 0.3) is 0 Å². The van der Waals surface area contributed by atoms with Crippen molar-refractivity contribution in [3.8, 4) is 6.07 Å². The smallest absolute Gasteiger partial charge is 0.237 e. The van der Waals surface area contributed by atoms with Crippen molar-refractivity contribution in [3.63, 3.8) is 0 Å². The number of amides is 1. The Morgan fingerprint density at radius 3 is 2.96 bits per heavy atom. The average Bonchev–Trinajstić information content (AvgIpc) is 2.63. The first-order chi connectivity index (χ1) is 12.5. The standard InChI is InChI=1S/C20H20BrN3OS/c1-12-7-8-17-14(9-12)10-15(11-22)20(24-17)26-13(2)19(25)23-18-6-4-3-5-16(18)21/h3-6,10,12-13H,7-9H2,1-2H3,(H,23,25). The van der Waals surface area contributed by atoms with Crippen molar-refractivity contribution in [3.05, 3.63) is 51.6 Å². The van der Waals surface area contributed by atoms with Crippen LogP contribution in [0.4, 0.5) is 5.69 Å². The number of aryl methyl sites for hydroxylation is 1. The molecule has 3 rings (SSSR count). The first-order valence-corrected chi connectivity index (χ1v) is 10.3. The highest BCUT2D eigenvalue weighted by atomic mass is 79.9. The summed E-state index contributed by atoms with van der Waals surface area (Å²) in [4.78, 5) is 17.3. The van der Waals surface area contributed by atoms with Gasteiger partial charge >= 0.3 is 0 Å². The van der Waals surface area contributed by atoms with E-state index >= 15 is 0 Å². The van der Waals surface area contributed by atoms with Gasteiger partial charge in [-0.15, -0.1) is 0 Å². The van der Waals surface area contributed by atoms with Gasteiger partial charge in [0.1, 0.15) is 11.1 Å². The zero-order valence-corrected chi connectivity index (χ0v) is 17.2. The molecular weight excluding hydrogens is 410 g/mol. The van der Waals surface area contributed by atoms with Crippen molar-refractivity contribution >= 4 is 39.3 Å². The minimum Gasteiger partial charge on any atom is -0.324 e. The molecular formula is C20H20BrN3OS. The van der Waals surface area contributed by atoms with Gasteiger partial charge in [-0.2, -0.15) is 5.26 Å². The lowest BCUT2D eigenvalue weighted by Crippen LogP contribution is -2.23. The van der Waals surface area contributed by atoms with Crippen LogP contribution in [0.5, 0.6) is 0 Å². The van der Waals surface area contributed by atoms with Crippen LogP contribution in [0.15, 0.2) is 39.8 Å². The van der Waals surface area contributed by atoms with Gasteiger partial charge in [0, 0.05) is 10.2 Å². The van der Waals surface area contributed by atoms with E-state index in [1.54, 1.807) is 0 Å². The van der Waals surface area contributed by atoms with Crippen LogP contribution >= 0.6 is 27.7 Å². The maximum Gasteiger partial charge on any atom is 0.237 e. The molecule has 0 saturated heterocycles. The summed E-state index contributed by atoms with van der Waals surface area (Å²) >= 11 is 4.77. The van der Waals surface area contributed by atoms with Crippen LogP contribution < -0.4 is 5.32 Å². The number of pyridine rings is 1. The first-order valence-electron chi connectivity index (χ1n) is 8.63. The zero-order valence-electron chi connectivity index (χ0n) is 14.8. The van der Waals surface area contributed by atoms with Crippen LogP contribution in [0.2, 0.25) is 0 Å². The molecule has 1 N–H and O–H groups in total.